The molecule has 0 spiro atoms. The summed E-state index contributed by atoms with van der Waals surface area (Å²) in [5.41, 5.74) is 1.42. The molecule has 5 nitrogen and oxygen atoms in total. The van der Waals surface area contributed by atoms with Gasteiger partial charge in [-0.3, -0.25) is 14.9 Å². The van der Waals surface area contributed by atoms with Crippen LogP contribution in [0.3, 0.4) is 0 Å². The smallest absolute Gasteiger partial charge is 0.310 e. The molecule has 0 aliphatic rings. The van der Waals surface area contributed by atoms with Gasteiger partial charge in [-0.25, -0.2) is 4.39 Å². The van der Waals surface area contributed by atoms with Gasteiger partial charge in [0.25, 0.3) is 0 Å². The van der Waals surface area contributed by atoms with E-state index in [9.17, 15) is 19.3 Å². The zero-order valence-corrected chi connectivity index (χ0v) is 11.2. The number of rotatable bonds is 5. The highest BCUT2D eigenvalue weighted by Crippen LogP contribution is 2.28. The Bertz CT molecular complexity index is 700. The molecule has 0 aromatic heterocycles. The van der Waals surface area contributed by atoms with E-state index >= 15 is 0 Å². The largest absolute Gasteiger partial charge is 0.482 e. The zero-order valence-electron chi connectivity index (χ0n) is 11.2. The lowest BCUT2D eigenvalue weighted by Gasteiger charge is -2.09. The number of nitrogens with zero attached hydrogens (tertiary/aromatic N) is 1. The van der Waals surface area contributed by atoms with Crippen molar-refractivity contribution in [2.24, 2.45) is 0 Å². The van der Waals surface area contributed by atoms with Gasteiger partial charge < -0.3 is 4.74 Å². The Balaban J connectivity index is 2.28. The average Bonchev–Trinajstić information content (AvgIpc) is 2.47. The van der Waals surface area contributed by atoms with Crippen LogP contribution in [0.2, 0.25) is 0 Å². The molecule has 2 aromatic rings. The normalized spacial score (nSPS) is 10.2. The molecule has 0 N–H and O–H groups in total. The molecule has 0 unspecified atom stereocenters. The molecule has 0 aliphatic carbocycles. The minimum atomic E-state index is -0.595. The quantitative estimate of drug-likeness (QED) is 0.480. The first-order valence-corrected chi connectivity index (χ1v) is 6.12. The van der Waals surface area contributed by atoms with Crippen LogP contribution < -0.4 is 4.74 Å². The second-order valence-corrected chi connectivity index (χ2v) is 4.46. The van der Waals surface area contributed by atoms with Crippen molar-refractivity contribution >= 4 is 12.0 Å². The standard InChI is InChI=1S/C15H12FNO4/c1-10-2-4-13(16)7-12(10)9-21-15-6-11(8-18)3-5-14(15)17(19)20/h2-8H,9H2,1H3. The molecule has 2 aromatic carbocycles. The van der Waals surface area contributed by atoms with E-state index in [0.29, 0.717) is 11.8 Å². The predicted octanol–water partition coefficient (Wildman–Crippen LogP) is 3.43. The molecule has 21 heavy (non-hydrogen) atoms. The lowest BCUT2D eigenvalue weighted by molar-refractivity contribution is -0.385. The number of benzene rings is 2. The summed E-state index contributed by atoms with van der Waals surface area (Å²) in [6, 6.07) is 8.08. The van der Waals surface area contributed by atoms with E-state index in [2.05, 4.69) is 0 Å². The van der Waals surface area contributed by atoms with Gasteiger partial charge in [0.1, 0.15) is 18.7 Å². The molecular weight excluding hydrogens is 277 g/mol. The second kappa shape index (κ2) is 6.13. The lowest BCUT2D eigenvalue weighted by Crippen LogP contribution is -2.02. The van der Waals surface area contributed by atoms with E-state index in [1.54, 1.807) is 13.0 Å². The maximum atomic E-state index is 13.2. The van der Waals surface area contributed by atoms with Crippen molar-refractivity contribution in [3.63, 3.8) is 0 Å². The van der Waals surface area contributed by atoms with Gasteiger partial charge in [0, 0.05) is 11.6 Å². The van der Waals surface area contributed by atoms with Gasteiger partial charge in [0.05, 0.1) is 4.92 Å². The third-order valence-electron chi connectivity index (χ3n) is 3.01. The van der Waals surface area contributed by atoms with Crippen molar-refractivity contribution in [2.45, 2.75) is 13.5 Å². The van der Waals surface area contributed by atoms with Crippen molar-refractivity contribution in [1.82, 2.24) is 0 Å². The van der Waals surface area contributed by atoms with Crippen molar-refractivity contribution in [1.29, 1.82) is 0 Å². The molecule has 0 radical (unpaired) electrons. The second-order valence-electron chi connectivity index (χ2n) is 4.46. The Morgan fingerprint density at radius 1 is 1.29 bits per heavy atom. The lowest BCUT2D eigenvalue weighted by atomic mass is 10.1. The van der Waals surface area contributed by atoms with Gasteiger partial charge in [-0.2, -0.15) is 0 Å². The summed E-state index contributed by atoms with van der Waals surface area (Å²) in [5.74, 6) is -0.427. The number of hydrogen-bond donors (Lipinski definition) is 0. The fraction of sp³-hybridized carbons (Fsp3) is 0.133. The predicted molar refractivity (Wildman–Crippen MR) is 74.0 cm³/mol. The highest BCUT2D eigenvalue weighted by atomic mass is 19.1. The number of ether oxygens (including phenoxy) is 1. The van der Waals surface area contributed by atoms with Crippen LogP contribution in [0, 0.1) is 22.9 Å². The van der Waals surface area contributed by atoms with Crippen LogP contribution in [0.1, 0.15) is 21.5 Å². The van der Waals surface area contributed by atoms with Crippen LogP contribution in [0.15, 0.2) is 36.4 Å². The summed E-state index contributed by atoms with van der Waals surface area (Å²) in [5, 5.41) is 10.9. The van der Waals surface area contributed by atoms with Crippen molar-refractivity contribution in [2.75, 3.05) is 0 Å². The topological polar surface area (TPSA) is 69.4 Å². The van der Waals surface area contributed by atoms with Gasteiger partial charge in [-0.1, -0.05) is 6.07 Å². The number of carbonyl (C=O) groups excluding carboxylic acids is 1. The van der Waals surface area contributed by atoms with E-state index < -0.39 is 10.7 Å². The molecule has 0 saturated carbocycles. The van der Waals surface area contributed by atoms with Gasteiger partial charge >= 0.3 is 5.69 Å². The number of aryl methyl sites for hydroxylation is 1. The molecule has 108 valence electrons. The molecule has 6 heteroatoms. The van der Waals surface area contributed by atoms with E-state index in [1.165, 1.54) is 30.3 Å². The van der Waals surface area contributed by atoms with E-state index in [0.717, 1.165) is 5.56 Å². The Morgan fingerprint density at radius 2 is 2.05 bits per heavy atom. The number of aldehydes is 1. The molecule has 0 fully saturated rings. The SMILES string of the molecule is Cc1ccc(F)cc1COc1cc(C=O)ccc1[N+](=O)[O-]. The maximum absolute atomic E-state index is 13.2. The Morgan fingerprint density at radius 3 is 2.71 bits per heavy atom. The Kier molecular flexibility index (Phi) is 4.27. The van der Waals surface area contributed by atoms with Gasteiger partial charge in [0.2, 0.25) is 0 Å². The summed E-state index contributed by atoms with van der Waals surface area (Å²) >= 11 is 0. The Labute approximate surface area is 120 Å². The molecule has 0 amide bonds. The number of halogens is 1. The Hall–Kier alpha value is -2.76. The molecule has 2 rings (SSSR count). The fourth-order valence-electron chi connectivity index (χ4n) is 1.82. The van der Waals surface area contributed by atoms with Crippen LogP contribution >= 0.6 is 0 Å². The van der Waals surface area contributed by atoms with Gasteiger partial charge in [-0.15, -0.1) is 0 Å². The third kappa shape index (κ3) is 3.42. The minimum Gasteiger partial charge on any atom is -0.482 e. The average molecular weight is 289 g/mol. The summed E-state index contributed by atoms with van der Waals surface area (Å²) < 4.78 is 18.6. The van der Waals surface area contributed by atoms with Crippen LogP contribution in [0.25, 0.3) is 0 Å². The van der Waals surface area contributed by atoms with Gasteiger partial charge in [0.15, 0.2) is 5.75 Å². The number of hydrogen-bond acceptors (Lipinski definition) is 4. The first-order chi connectivity index (χ1) is 10.0. The highest BCUT2D eigenvalue weighted by Gasteiger charge is 2.16. The third-order valence-corrected chi connectivity index (χ3v) is 3.01. The summed E-state index contributed by atoms with van der Waals surface area (Å²) in [6.45, 7) is 1.77. The maximum Gasteiger partial charge on any atom is 0.310 e. The first kappa shape index (κ1) is 14.6. The van der Waals surface area contributed by atoms with Crippen molar-refractivity contribution < 1.29 is 18.8 Å². The fourth-order valence-corrected chi connectivity index (χ4v) is 1.82. The summed E-state index contributed by atoms with van der Waals surface area (Å²) in [4.78, 5) is 21.1. The zero-order chi connectivity index (χ0) is 15.4. The van der Waals surface area contributed by atoms with Crippen LogP contribution in [0.4, 0.5) is 10.1 Å². The number of carbonyl (C=O) groups is 1. The van der Waals surface area contributed by atoms with Crippen molar-refractivity contribution in [3.8, 4) is 5.75 Å². The minimum absolute atomic E-state index is 0.0201. The van der Waals surface area contributed by atoms with E-state index in [1.807, 2.05) is 0 Å². The summed E-state index contributed by atoms with van der Waals surface area (Å²) in [7, 11) is 0. The monoisotopic (exact) mass is 289 g/mol. The van der Waals surface area contributed by atoms with E-state index in [-0.39, 0.29) is 23.6 Å². The number of nitro benzene ring substituents is 1. The van der Waals surface area contributed by atoms with Crippen molar-refractivity contribution in [3.05, 3.63) is 69.0 Å². The number of nitro groups is 1. The van der Waals surface area contributed by atoms with E-state index in [4.69, 9.17) is 4.74 Å². The molecular formula is C15H12FNO4. The summed E-state index contributed by atoms with van der Waals surface area (Å²) in [6.07, 6.45) is 0.573. The first-order valence-electron chi connectivity index (χ1n) is 6.12. The molecule has 0 saturated heterocycles. The molecule has 0 atom stereocenters. The van der Waals surface area contributed by atoms with Crippen LogP contribution in [-0.4, -0.2) is 11.2 Å². The molecule has 0 bridgehead atoms. The highest BCUT2D eigenvalue weighted by molar-refractivity contribution is 5.76. The van der Waals surface area contributed by atoms with Crippen LogP contribution in [-0.2, 0) is 6.61 Å². The molecule has 0 heterocycles. The molecule has 0 aliphatic heterocycles. The van der Waals surface area contributed by atoms with Gasteiger partial charge in [-0.05, 0) is 42.3 Å². The van der Waals surface area contributed by atoms with Crippen LogP contribution in [0.5, 0.6) is 5.75 Å².